The minimum Gasteiger partial charge on any atom is -0.351 e. The first-order chi connectivity index (χ1) is 6.48. The first kappa shape index (κ1) is 10.0. The van der Waals surface area contributed by atoms with E-state index in [0.29, 0.717) is 5.92 Å². The summed E-state index contributed by atoms with van der Waals surface area (Å²) in [4.78, 5) is 11.6. The predicted octanol–water partition coefficient (Wildman–Crippen LogP) is 2.48. The number of nitrogens with one attached hydrogen (secondary N) is 1. The van der Waals surface area contributed by atoms with Gasteiger partial charge in [-0.25, -0.2) is 0 Å². The summed E-state index contributed by atoms with van der Waals surface area (Å²) in [5.41, 5.74) is 0.242. The smallest absolute Gasteiger partial charge is 0.221 e. The number of rotatable bonds is 0. The number of carbonyl (C=O) groups is 1. The van der Waals surface area contributed by atoms with Crippen molar-refractivity contribution in [3.05, 3.63) is 0 Å². The molecule has 1 aliphatic carbocycles. The van der Waals surface area contributed by atoms with Gasteiger partial charge in [-0.05, 0) is 26.2 Å². The van der Waals surface area contributed by atoms with Crippen LogP contribution in [0.2, 0.25) is 0 Å². The van der Waals surface area contributed by atoms with Crippen molar-refractivity contribution in [1.82, 2.24) is 5.32 Å². The fraction of sp³-hybridized carbons (Fsp3) is 0.917. The van der Waals surface area contributed by atoms with Gasteiger partial charge in [-0.1, -0.05) is 26.2 Å². The Bertz CT molecular complexity index is 259. The highest BCUT2D eigenvalue weighted by atomic mass is 16.2. The molecule has 2 nitrogen and oxygen atoms in total. The van der Waals surface area contributed by atoms with Gasteiger partial charge < -0.3 is 5.32 Å². The van der Waals surface area contributed by atoms with Crippen LogP contribution in [0.25, 0.3) is 0 Å². The maximum absolute atomic E-state index is 11.6. The van der Waals surface area contributed by atoms with E-state index in [1.807, 2.05) is 0 Å². The van der Waals surface area contributed by atoms with Crippen molar-refractivity contribution in [3.8, 4) is 0 Å². The van der Waals surface area contributed by atoms with Gasteiger partial charge in [0.15, 0.2) is 0 Å². The summed E-state index contributed by atoms with van der Waals surface area (Å²) in [6.07, 6.45) is 5.90. The van der Waals surface area contributed by atoms with Crippen LogP contribution < -0.4 is 5.32 Å². The van der Waals surface area contributed by atoms with Gasteiger partial charge in [-0.2, -0.15) is 0 Å². The lowest BCUT2D eigenvalue weighted by Gasteiger charge is -2.47. The molecule has 2 heteroatoms. The van der Waals surface area contributed by atoms with Crippen LogP contribution in [-0.2, 0) is 4.79 Å². The standard InChI is InChI=1S/C12H21NO/c1-9-6-4-5-7-12(9)8-10(14)13-11(12,2)3/h9H,4-8H2,1-3H3,(H,13,14). The molecule has 1 saturated carbocycles. The van der Waals surface area contributed by atoms with Crippen LogP contribution >= 0.6 is 0 Å². The van der Waals surface area contributed by atoms with Crippen molar-refractivity contribution < 1.29 is 4.79 Å². The Morgan fingerprint density at radius 3 is 2.57 bits per heavy atom. The number of amides is 1. The normalized spacial score (nSPS) is 41.4. The summed E-state index contributed by atoms with van der Waals surface area (Å²) in [5.74, 6) is 0.939. The largest absolute Gasteiger partial charge is 0.351 e. The topological polar surface area (TPSA) is 29.1 Å². The fourth-order valence-corrected chi connectivity index (χ4v) is 3.63. The van der Waals surface area contributed by atoms with Gasteiger partial charge in [0.05, 0.1) is 0 Å². The maximum Gasteiger partial charge on any atom is 0.221 e. The van der Waals surface area contributed by atoms with Crippen molar-refractivity contribution in [2.75, 3.05) is 0 Å². The highest BCUT2D eigenvalue weighted by molar-refractivity contribution is 5.81. The third kappa shape index (κ3) is 1.19. The van der Waals surface area contributed by atoms with Gasteiger partial charge in [-0.3, -0.25) is 4.79 Å². The second-order valence-corrected chi connectivity index (χ2v) is 5.65. The molecule has 0 aromatic carbocycles. The van der Waals surface area contributed by atoms with E-state index in [-0.39, 0.29) is 16.9 Å². The molecule has 0 aromatic rings. The SMILES string of the molecule is CC1CCCCC12CC(=O)NC2(C)C. The second kappa shape index (κ2) is 2.98. The van der Waals surface area contributed by atoms with Gasteiger partial charge in [-0.15, -0.1) is 0 Å². The molecule has 0 radical (unpaired) electrons. The van der Waals surface area contributed by atoms with E-state index in [1.165, 1.54) is 25.7 Å². The van der Waals surface area contributed by atoms with E-state index in [1.54, 1.807) is 0 Å². The van der Waals surface area contributed by atoms with Gasteiger partial charge in [0.2, 0.25) is 5.91 Å². The van der Waals surface area contributed by atoms with Crippen LogP contribution in [-0.4, -0.2) is 11.4 Å². The van der Waals surface area contributed by atoms with Gasteiger partial charge in [0.25, 0.3) is 0 Å². The lowest BCUT2D eigenvalue weighted by atomic mass is 9.58. The third-order valence-corrected chi connectivity index (χ3v) is 4.63. The molecule has 2 aliphatic rings. The average molecular weight is 195 g/mol. The highest BCUT2D eigenvalue weighted by Crippen LogP contribution is 2.53. The van der Waals surface area contributed by atoms with Crippen LogP contribution in [0.3, 0.4) is 0 Å². The first-order valence-electron chi connectivity index (χ1n) is 5.79. The van der Waals surface area contributed by atoms with Crippen LogP contribution in [0.15, 0.2) is 0 Å². The van der Waals surface area contributed by atoms with Gasteiger partial charge >= 0.3 is 0 Å². The summed E-state index contributed by atoms with van der Waals surface area (Å²) >= 11 is 0. The Balaban J connectivity index is 2.32. The molecule has 0 aromatic heterocycles. The molecule has 0 bridgehead atoms. The Morgan fingerprint density at radius 2 is 2.07 bits per heavy atom. The molecule has 1 amide bonds. The van der Waals surface area contributed by atoms with Crippen molar-refractivity contribution in [2.24, 2.45) is 11.3 Å². The lowest BCUT2D eigenvalue weighted by Crippen LogP contribution is -2.51. The molecule has 2 atom stereocenters. The quantitative estimate of drug-likeness (QED) is 0.632. The minimum atomic E-state index is 0.00389. The van der Waals surface area contributed by atoms with Crippen molar-refractivity contribution in [2.45, 2.75) is 58.4 Å². The molecule has 1 heterocycles. The Labute approximate surface area is 86.5 Å². The minimum absolute atomic E-state index is 0.00389. The molecular weight excluding hydrogens is 174 g/mol. The number of carbonyl (C=O) groups excluding carboxylic acids is 1. The van der Waals surface area contributed by atoms with E-state index in [2.05, 4.69) is 26.1 Å². The molecule has 1 aliphatic heterocycles. The molecule has 1 saturated heterocycles. The van der Waals surface area contributed by atoms with Crippen molar-refractivity contribution >= 4 is 5.91 Å². The Kier molecular flexibility index (Phi) is 2.13. The van der Waals surface area contributed by atoms with E-state index in [4.69, 9.17) is 0 Å². The zero-order valence-electron chi connectivity index (χ0n) is 9.52. The lowest BCUT2D eigenvalue weighted by molar-refractivity contribution is -0.120. The van der Waals surface area contributed by atoms with E-state index in [0.717, 1.165) is 6.42 Å². The molecule has 1 N–H and O–H groups in total. The van der Waals surface area contributed by atoms with Crippen molar-refractivity contribution in [3.63, 3.8) is 0 Å². The second-order valence-electron chi connectivity index (χ2n) is 5.65. The van der Waals surface area contributed by atoms with Gasteiger partial charge in [0, 0.05) is 17.4 Å². The maximum atomic E-state index is 11.6. The molecular formula is C12H21NO. The summed E-state index contributed by atoms with van der Waals surface area (Å²) in [5, 5.41) is 3.15. The van der Waals surface area contributed by atoms with Gasteiger partial charge in [0.1, 0.15) is 0 Å². The Hall–Kier alpha value is -0.530. The predicted molar refractivity (Wildman–Crippen MR) is 56.9 cm³/mol. The average Bonchev–Trinajstić information content (AvgIpc) is 2.29. The van der Waals surface area contributed by atoms with E-state index in [9.17, 15) is 4.79 Å². The fourth-order valence-electron chi connectivity index (χ4n) is 3.63. The Morgan fingerprint density at radius 1 is 1.36 bits per heavy atom. The van der Waals surface area contributed by atoms with E-state index >= 15 is 0 Å². The summed E-state index contributed by atoms with van der Waals surface area (Å²) in [6.45, 7) is 6.71. The number of hydrogen-bond donors (Lipinski definition) is 1. The van der Waals surface area contributed by atoms with Crippen LogP contribution in [0.4, 0.5) is 0 Å². The first-order valence-corrected chi connectivity index (χ1v) is 5.79. The van der Waals surface area contributed by atoms with E-state index < -0.39 is 0 Å². The highest BCUT2D eigenvalue weighted by Gasteiger charge is 2.55. The summed E-state index contributed by atoms with van der Waals surface area (Å²) < 4.78 is 0. The zero-order chi connectivity index (χ0) is 10.4. The molecule has 2 rings (SSSR count). The van der Waals surface area contributed by atoms with Crippen LogP contribution in [0.1, 0.15) is 52.9 Å². The molecule has 2 fully saturated rings. The molecule has 14 heavy (non-hydrogen) atoms. The molecule has 1 spiro atoms. The zero-order valence-corrected chi connectivity index (χ0v) is 9.52. The monoisotopic (exact) mass is 195 g/mol. The van der Waals surface area contributed by atoms with Crippen molar-refractivity contribution in [1.29, 1.82) is 0 Å². The molecule has 80 valence electrons. The third-order valence-electron chi connectivity index (χ3n) is 4.63. The summed E-state index contributed by atoms with van der Waals surface area (Å²) in [6, 6.07) is 0. The molecule has 2 unspecified atom stereocenters. The number of hydrogen-bond acceptors (Lipinski definition) is 1. The van der Waals surface area contributed by atoms with Crippen LogP contribution in [0, 0.1) is 11.3 Å². The van der Waals surface area contributed by atoms with Crippen LogP contribution in [0.5, 0.6) is 0 Å². The summed E-state index contributed by atoms with van der Waals surface area (Å²) in [7, 11) is 0.